The number of nitrogens with zero attached hydrogens (tertiary/aromatic N) is 1. The third kappa shape index (κ3) is 3.58. The van der Waals surface area contributed by atoms with Crippen molar-refractivity contribution in [2.45, 2.75) is 58.5 Å². The van der Waals surface area contributed by atoms with Crippen LogP contribution >= 0.6 is 0 Å². The Labute approximate surface area is 89.1 Å². The molecule has 0 aliphatic carbocycles. The van der Waals surface area contributed by atoms with Gasteiger partial charge in [0.25, 0.3) is 0 Å². The van der Waals surface area contributed by atoms with E-state index in [1.165, 1.54) is 32.4 Å². The summed E-state index contributed by atoms with van der Waals surface area (Å²) < 4.78 is 0. The Kier molecular flexibility index (Phi) is 4.39. The van der Waals surface area contributed by atoms with E-state index in [9.17, 15) is 0 Å². The van der Waals surface area contributed by atoms with E-state index in [0.29, 0.717) is 11.6 Å². The highest BCUT2D eigenvalue weighted by atomic mass is 15.2. The average Bonchev–Trinajstić information content (AvgIpc) is 2.11. The van der Waals surface area contributed by atoms with Crippen LogP contribution in [-0.4, -0.2) is 36.1 Å². The maximum atomic E-state index is 3.59. The van der Waals surface area contributed by atoms with Gasteiger partial charge in [0.1, 0.15) is 0 Å². The van der Waals surface area contributed by atoms with E-state index in [1.54, 1.807) is 0 Å². The maximum absolute atomic E-state index is 3.59. The quantitative estimate of drug-likeness (QED) is 0.697. The summed E-state index contributed by atoms with van der Waals surface area (Å²) in [5.74, 6) is 0. The van der Waals surface area contributed by atoms with Crippen molar-refractivity contribution in [1.82, 2.24) is 10.2 Å². The van der Waals surface area contributed by atoms with Gasteiger partial charge in [0.15, 0.2) is 0 Å². The lowest BCUT2D eigenvalue weighted by atomic mass is 9.99. The summed E-state index contributed by atoms with van der Waals surface area (Å²) in [5, 5.41) is 3.59. The van der Waals surface area contributed by atoms with Crippen molar-refractivity contribution >= 4 is 0 Å². The number of piperazine rings is 1. The predicted molar refractivity (Wildman–Crippen MR) is 62.6 cm³/mol. The van der Waals surface area contributed by atoms with Crippen molar-refractivity contribution in [3.63, 3.8) is 0 Å². The fourth-order valence-corrected chi connectivity index (χ4v) is 2.14. The largest absolute Gasteiger partial charge is 0.309 e. The molecule has 0 aromatic carbocycles. The molecule has 14 heavy (non-hydrogen) atoms. The smallest absolute Gasteiger partial charge is 0.0252 e. The molecule has 0 aromatic rings. The van der Waals surface area contributed by atoms with Gasteiger partial charge in [-0.25, -0.2) is 0 Å². The third-order valence-electron chi connectivity index (χ3n) is 3.15. The lowest BCUT2D eigenvalue weighted by Gasteiger charge is -2.43. The molecule has 1 fully saturated rings. The second kappa shape index (κ2) is 5.13. The van der Waals surface area contributed by atoms with Gasteiger partial charge in [-0.2, -0.15) is 0 Å². The van der Waals surface area contributed by atoms with Gasteiger partial charge in [-0.15, -0.1) is 0 Å². The highest BCUT2D eigenvalue weighted by Crippen LogP contribution is 2.15. The molecule has 1 saturated heterocycles. The summed E-state index contributed by atoms with van der Waals surface area (Å²) in [5.41, 5.74) is 0.304. The first-order valence-corrected chi connectivity index (χ1v) is 6.04. The number of unbranched alkanes of at least 4 members (excludes halogenated alkanes) is 2. The molecule has 1 atom stereocenters. The lowest BCUT2D eigenvalue weighted by molar-refractivity contribution is 0.103. The number of nitrogens with one attached hydrogen (secondary N) is 1. The number of hydrogen-bond acceptors (Lipinski definition) is 2. The van der Waals surface area contributed by atoms with Crippen LogP contribution in [0.3, 0.4) is 0 Å². The van der Waals surface area contributed by atoms with Crippen molar-refractivity contribution in [3.05, 3.63) is 0 Å². The Balaban J connectivity index is 2.33. The fraction of sp³-hybridized carbons (Fsp3) is 1.00. The van der Waals surface area contributed by atoms with Crippen molar-refractivity contribution in [3.8, 4) is 0 Å². The Morgan fingerprint density at radius 3 is 2.71 bits per heavy atom. The zero-order chi connectivity index (χ0) is 10.6. The van der Waals surface area contributed by atoms with Gasteiger partial charge in [0.05, 0.1) is 0 Å². The minimum atomic E-state index is 0.304. The second-order valence-corrected chi connectivity index (χ2v) is 5.29. The number of rotatable bonds is 4. The molecular formula is C12H26N2. The summed E-state index contributed by atoms with van der Waals surface area (Å²) in [6, 6.07) is 0.708. The van der Waals surface area contributed by atoms with Crippen LogP contribution in [0.1, 0.15) is 47.0 Å². The molecule has 0 radical (unpaired) electrons. The molecule has 0 amide bonds. The molecule has 0 aromatic heterocycles. The molecule has 2 heteroatoms. The van der Waals surface area contributed by atoms with Crippen LogP contribution in [0.4, 0.5) is 0 Å². The van der Waals surface area contributed by atoms with Crippen molar-refractivity contribution in [2.75, 3.05) is 19.6 Å². The van der Waals surface area contributed by atoms with Crippen molar-refractivity contribution < 1.29 is 0 Å². The summed E-state index contributed by atoms with van der Waals surface area (Å²) in [4.78, 5) is 2.63. The van der Waals surface area contributed by atoms with Gasteiger partial charge in [-0.1, -0.05) is 19.8 Å². The standard InChI is InChI=1S/C12H26N2/c1-5-6-7-8-14-10-12(3,4)13-9-11(14)2/h11,13H,5-10H2,1-4H3. The van der Waals surface area contributed by atoms with E-state index >= 15 is 0 Å². The lowest BCUT2D eigenvalue weighted by Crippen LogP contribution is -2.60. The molecule has 0 bridgehead atoms. The van der Waals surface area contributed by atoms with Gasteiger partial charge in [-0.05, 0) is 33.7 Å². The summed E-state index contributed by atoms with van der Waals surface area (Å²) in [7, 11) is 0. The minimum Gasteiger partial charge on any atom is -0.309 e. The molecule has 2 nitrogen and oxygen atoms in total. The average molecular weight is 198 g/mol. The molecule has 1 aliphatic rings. The van der Waals surface area contributed by atoms with Crippen molar-refractivity contribution in [1.29, 1.82) is 0 Å². The molecule has 84 valence electrons. The van der Waals surface area contributed by atoms with Gasteiger partial charge in [-0.3, -0.25) is 4.90 Å². The minimum absolute atomic E-state index is 0.304. The van der Waals surface area contributed by atoms with Gasteiger partial charge in [0, 0.05) is 24.7 Å². The summed E-state index contributed by atoms with van der Waals surface area (Å²) in [6.45, 7) is 12.8. The van der Waals surface area contributed by atoms with Crippen LogP contribution in [0.15, 0.2) is 0 Å². The monoisotopic (exact) mass is 198 g/mol. The van der Waals surface area contributed by atoms with Gasteiger partial charge in [0.2, 0.25) is 0 Å². The molecule has 1 aliphatic heterocycles. The molecule has 1 N–H and O–H groups in total. The molecular weight excluding hydrogens is 172 g/mol. The van der Waals surface area contributed by atoms with Gasteiger partial charge < -0.3 is 5.32 Å². The molecule has 0 saturated carbocycles. The second-order valence-electron chi connectivity index (χ2n) is 5.29. The Morgan fingerprint density at radius 1 is 1.36 bits per heavy atom. The molecule has 0 spiro atoms. The van der Waals surface area contributed by atoms with E-state index in [-0.39, 0.29) is 0 Å². The molecule has 1 rings (SSSR count). The normalized spacial score (nSPS) is 27.9. The van der Waals surface area contributed by atoms with Crippen LogP contribution in [0.2, 0.25) is 0 Å². The van der Waals surface area contributed by atoms with Crippen LogP contribution in [-0.2, 0) is 0 Å². The highest BCUT2D eigenvalue weighted by Gasteiger charge is 2.29. The molecule has 1 unspecified atom stereocenters. The third-order valence-corrected chi connectivity index (χ3v) is 3.15. The highest BCUT2D eigenvalue weighted by molar-refractivity contribution is 4.90. The first-order valence-electron chi connectivity index (χ1n) is 6.04. The Hall–Kier alpha value is -0.0800. The van der Waals surface area contributed by atoms with Crippen LogP contribution in [0.5, 0.6) is 0 Å². The van der Waals surface area contributed by atoms with E-state index in [4.69, 9.17) is 0 Å². The SMILES string of the molecule is CCCCCN1CC(C)(C)NCC1C. The first kappa shape index (κ1) is 12.0. The number of hydrogen-bond donors (Lipinski definition) is 1. The van der Waals surface area contributed by atoms with Gasteiger partial charge >= 0.3 is 0 Å². The Bertz CT molecular complexity index is 166. The van der Waals surface area contributed by atoms with E-state index < -0.39 is 0 Å². The predicted octanol–water partition coefficient (Wildman–Crippen LogP) is 2.25. The summed E-state index contributed by atoms with van der Waals surface area (Å²) in [6.07, 6.45) is 4.05. The van der Waals surface area contributed by atoms with E-state index in [1.807, 2.05) is 0 Å². The van der Waals surface area contributed by atoms with Crippen LogP contribution in [0.25, 0.3) is 0 Å². The summed E-state index contributed by atoms with van der Waals surface area (Å²) >= 11 is 0. The molecule has 1 heterocycles. The first-order chi connectivity index (χ1) is 6.55. The van der Waals surface area contributed by atoms with Crippen LogP contribution < -0.4 is 5.32 Å². The van der Waals surface area contributed by atoms with Crippen molar-refractivity contribution in [2.24, 2.45) is 0 Å². The van der Waals surface area contributed by atoms with Crippen LogP contribution in [0, 0.1) is 0 Å². The van der Waals surface area contributed by atoms with E-state index in [0.717, 1.165) is 6.54 Å². The maximum Gasteiger partial charge on any atom is 0.0252 e. The fourth-order valence-electron chi connectivity index (χ4n) is 2.14. The zero-order valence-electron chi connectivity index (χ0n) is 10.3. The van der Waals surface area contributed by atoms with E-state index in [2.05, 4.69) is 37.9 Å². The Morgan fingerprint density at radius 2 is 2.07 bits per heavy atom. The topological polar surface area (TPSA) is 15.3 Å². The zero-order valence-corrected chi connectivity index (χ0v) is 10.3.